The Bertz CT molecular complexity index is 227. The maximum Gasteiger partial charge on any atom is 0.233 e. The fourth-order valence-electron chi connectivity index (χ4n) is 1.47. The first-order valence-corrected chi connectivity index (χ1v) is 5.53. The Kier molecular flexibility index (Phi) is 6.43. The quantitative estimate of drug-likeness (QED) is 0.504. The van der Waals surface area contributed by atoms with E-state index >= 15 is 0 Å². The van der Waals surface area contributed by atoms with E-state index < -0.39 is 5.41 Å². The molecule has 0 spiro atoms. The van der Waals surface area contributed by atoms with E-state index in [9.17, 15) is 4.79 Å². The van der Waals surface area contributed by atoms with E-state index in [2.05, 4.69) is 5.32 Å². The average Bonchev–Trinajstić information content (AvgIpc) is 2.20. The monoisotopic (exact) mass is 232 g/mol. The van der Waals surface area contributed by atoms with E-state index in [-0.39, 0.29) is 10.9 Å². The highest BCUT2D eigenvalue weighted by atomic mass is 32.1. The minimum absolute atomic E-state index is 0.1000. The van der Waals surface area contributed by atoms with Gasteiger partial charge in [-0.2, -0.15) is 0 Å². The van der Waals surface area contributed by atoms with E-state index in [1.165, 1.54) is 0 Å². The number of hydrogen-bond donors (Lipinski definition) is 2. The smallest absolute Gasteiger partial charge is 0.233 e. The topological polar surface area (TPSA) is 64.3 Å². The van der Waals surface area contributed by atoms with Gasteiger partial charge < -0.3 is 15.8 Å². The summed E-state index contributed by atoms with van der Waals surface area (Å²) in [6.45, 7) is 4.81. The first-order chi connectivity index (χ1) is 7.05. The van der Waals surface area contributed by atoms with Gasteiger partial charge in [0.1, 0.15) is 0 Å². The molecule has 15 heavy (non-hydrogen) atoms. The van der Waals surface area contributed by atoms with Gasteiger partial charge in [-0.25, -0.2) is 0 Å². The Hall–Kier alpha value is -0.680. The van der Waals surface area contributed by atoms with Gasteiger partial charge in [-0.05, 0) is 12.8 Å². The molecule has 0 unspecified atom stereocenters. The molecular weight excluding hydrogens is 212 g/mol. The van der Waals surface area contributed by atoms with Crippen molar-refractivity contribution in [3.05, 3.63) is 0 Å². The van der Waals surface area contributed by atoms with Crippen LogP contribution in [-0.2, 0) is 9.53 Å². The molecule has 1 amide bonds. The zero-order valence-corrected chi connectivity index (χ0v) is 10.4. The van der Waals surface area contributed by atoms with Crippen molar-refractivity contribution in [1.82, 2.24) is 5.32 Å². The van der Waals surface area contributed by atoms with Crippen LogP contribution in [0.25, 0.3) is 0 Å². The minimum Gasteiger partial charge on any atom is -0.392 e. The van der Waals surface area contributed by atoms with Crippen LogP contribution < -0.4 is 11.1 Å². The molecule has 0 bridgehead atoms. The molecular formula is C10H20N2O2S. The number of carbonyl (C=O) groups excluding carboxylic acids is 1. The molecule has 5 heteroatoms. The van der Waals surface area contributed by atoms with Crippen LogP contribution in [0.3, 0.4) is 0 Å². The lowest BCUT2D eigenvalue weighted by Gasteiger charge is -2.28. The van der Waals surface area contributed by atoms with Crippen LogP contribution in [0.15, 0.2) is 0 Å². The molecule has 4 nitrogen and oxygen atoms in total. The SMILES string of the molecule is CCC(CC)(C(=O)NCCOC)C(N)=S. The van der Waals surface area contributed by atoms with Crippen molar-refractivity contribution in [2.75, 3.05) is 20.3 Å². The molecule has 0 fully saturated rings. The number of nitrogens with one attached hydrogen (secondary N) is 1. The molecule has 0 saturated carbocycles. The second-order valence-electron chi connectivity index (χ2n) is 3.40. The lowest BCUT2D eigenvalue weighted by atomic mass is 9.81. The zero-order valence-electron chi connectivity index (χ0n) is 9.63. The predicted molar refractivity (Wildman–Crippen MR) is 64.7 cm³/mol. The van der Waals surface area contributed by atoms with Crippen molar-refractivity contribution in [3.63, 3.8) is 0 Å². The molecule has 0 rings (SSSR count). The van der Waals surface area contributed by atoms with Crippen LogP contribution in [0.2, 0.25) is 0 Å². The summed E-state index contributed by atoms with van der Waals surface area (Å²) in [5.74, 6) is -0.1000. The van der Waals surface area contributed by atoms with Crippen molar-refractivity contribution in [2.24, 2.45) is 11.1 Å². The van der Waals surface area contributed by atoms with Gasteiger partial charge in [-0.3, -0.25) is 4.79 Å². The summed E-state index contributed by atoms with van der Waals surface area (Å²) in [4.78, 5) is 12.2. The van der Waals surface area contributed by atoms with Crippen LogP contribution in [-0.4, -0.2) is 31.2 Å². The predicted octanol–water partition coefficient (Wildman–Crippen LogP) is 0.841. The lowest BCUT2D eigenvalue weighted by molar-refractivity contribution is -0.128. The largest absolute Gasteiger partial charge is 0.392 e. The molecule has 0 saturated heterocycles. The lowest BCUT2D eigenvalue weighted by Crippen LogP contribution is -2.48. The van der Waals surface area contributed by atoms with E-state index in [1.807, 2.05) is 13.8 Å². The van der Waals surface area contributed by atoms with E-state index in [0.717, 1.165) is 0 Å². The molecule has 3 N–H and O–H groups in total. The molecule has 0 aliphatic heterocycles. The highest BCUT2D eigenvalue weighted by Gasteiger charge is 2.37. The molecule has 0 aliphatic rings. The Labute approximate surface area is 96.5 Å². The number of thiocarbonyl (C=S) groups is 1. The van der Waals surface area contributed by atoms with Crippen molar-refractivity contribution >= 4 is 23.1 Å². The number of hydrogen-bond acceptors (Lipinski definition) is 3. The molecule has 0 aromatic heterocycles. The summed E-state index contributed by atoms with van der Waals surface area (Å²) in [6, 6.07) is 0. The summed E-state index contributed by atoms with van der Waals surface area (Å²) in [5, 5.41) is 2.78. The molecule has 0 aliphatic carbocycles. The molecule has 0 aromatic rings. The number of methoxy groups -OCH3 is 1. The third-order valence-corrected chi connectivity index (χ3v) is 3.10. The second kappa shape index (κ2) is 6.74. The van der Waals surface area contributed by atoms with Crippen LogP contribution in [0.5, 0.6) is 0 Å². The Morgan fingerprint density at radius 3 is 2.33 bits per heavy atom. The van der Waals surface area contributed by atoms with Crippen LogP contribution in [0, 0.1) is 5.41 Å². The molecule has 88 valence electrons. The molecule has 0 aromatic carbocycles. The minimum atomic E-state index is -0.705. The summed E-state index contributed by atoms with van der Waals surface area (Å²) < 4.78 is 4.85. The van der Waals surface area contributed by atoms with Crippen LogP contribution >= 0.6 is 12.2 Å². The van der Waals surface area contributed by atoms with E-state index in [0.29, 0.717) is 26.0 Å². The summed E-state index contributed by atoms with van der Waals surface area (Å²) in [7, 11) is 1.59. The second-order valence-corrected chi connectivity index (χ2v) is 3.84. The standard InChI is InChI=1S/C10H20N2O2S/c1-4-10(5-2,8(11)15)9(13)12-6-7-14-3/h4-7H2,1-3H3,(H2,11,15)(H,12,13). The first kappa shape index (κ1) is 14.3. The summed E-state index contributed by atoms with van der Waals surface area (Å²) in [5.41, 5.74) is 4.93. The van der Waals surface area contributed by atoms with E-state index in [4.69, 9.17) is 22.7 Å². The Morgan fingerprint density at radius 2 is 2.00 bits per heavy atom. The third kappa shape index (κ3) is 3.43. The van der Waals surface area contributed by atoms with Crippen molar-refractivity contribution in [2.45, 2.75) is 26.7 Å². The van der Waals surface area contributed by atoms with Gasteiger partial charge in [0.15, 0.2) is 0 Å². The van der Waals surface area contributed by atoms with Crippen LogP contribution in [0.4, 0.5) is 0 Å². The number of nitrogens with two attached hydrogens (primary N) is 1. The van der Waals surface area contributed by atoms with Gasteiger partial charge in [-0.15, -0.1) is 0 Å². The Balaban J connectivity index is 4.49. The fourth-order valence-corrected chi connectivity index (χ4v) is 1.85. The van der Waals surface area contributed by atoms with Crippen molar-refractivity contribution in [3.8, 4) is 0 Å². The fraction of sp³-hybridized carbons (Fsp3) is 0.800. The van der Waals surface area contributed by atoms with Crippen molar-refractivity contribution < 1.29 is 9.53 Å². The Morgan fingerprint density at radius 1 is 1.47 bits per heavy atom. The third-order valence-electron chi connectivity index (χ3n) is 2.71. The summed E-state index contributed by atoms with van der Waals surface area (Å²) in [6.07, 6.45) is 1.25. The van der Waals surface area contributed by atoms with E-state index in [1.54, 1.807) is 7.11 Å². The first-order valence-electron chi connectivity index (χ1n) is 5.12. The van der Waals surface area contributed by atoms with Crippen LogP contribution in [0.1, 0.15) is 26.7 Å². The normalized spacial score (nSPS) is 11.1. The average molecular weight is 232 g/mol. The van der Waals surface area contributed by atoms with Gasteiger partial charge in [0.2, 0.25) is 5.91 Å². The number of rotatable bonds is 7. The van der Waals surface area contributed by atoms with Gasteiger partial charge in [0.05, 0.1) is 17.0 Å². The van der Waals surface area contributed by atoms with Crippen molar-refractivity contribution in [1.29, 1.82) is 0 Å². The highest BCUT2D eigenvalue weighted by molar-refractivity contribution is 7.80. The number of ether oxygens (including phenoxy) is 1. The molecule has 0 radical (unpaired) electrons. The molecule has 0 atom stereocenters. The highest BCUT2D eigenvalue weighted by Crippen LogP contribution is 2.26. The zero-order chi connectivity index (χ0) is 11.9. The van der Waals surface area contributed by atoms with Gasteiger partial charge in [0.25, 0.3) is 0 Å². The number of carbonyl (C=O) groups is 1. The molecule has 0 heterocycles. The van der Waals surface area contributed by atoms with Gasteiger partial charge >= 0.3 is 0 Å². The number of amides is 1. The maximum atomic E-state index is 11.9. The summed E-state index contributed by atoms with van der Waals surface area (Å²) >= 11 is 4.97. The maximum absolute atomic E-state index is 11.9. The van der Waals surface area contributed by atoms with Gasteiger partial charge in [-0.1, -0.05) is 26.1 Å². The van der Waals surface area contributed by atoms with Gasteiger partial charge in [0, 0.05) is 13.7 Å².